The Bertz CT molecular complexity index is 528. The van der Waals surface area contributed by atoms with E-state index in [1.54, 1.807) is 24.0 Å². The van der Waals surface area contributed by atoms with Crippen LogP contribution in [0.4, 0.5) is 11.4 Å². The summed E-state index contributed by atoms with van der Waals surface area (Å²) < 4.78 is 0. The summed E-state index contributed by atoms with van der Waals surface area (Å²) in [5.74, 6) is -0.651. The van der Waals surface area contributed by atoms with E-state index in [0.717, 1.165) is 5.56 Å². The number of carbonyl (C=O) groups is 2. The smallest absolute Gasteiger partial charge is 0.241 e. The minimum absolute atomic E-state index is 0.0280. The molecule has 0 bridgehead atoms. The maximum Gasteiger partial charge on any atom is 0.241 e. The van der Waals surface area contributed by atoms with Gasteiger partial charge in [-0.3, -0.25) is 14.5 Å². The number of amides is 2. The van der Waals surface area contributed by atoms with Crippen molar-refractivity contribution in [2.75, 3.05) is 17.6 Å². The van der Waals surface area contributed by atoms with Gasteiger partial charge in [-0.15, -0.1) is 0 Å². The van der Waals surface area contributed by atoms with Gasteiger partial charge in [-0.25, -0.2) is 0 Å². The molecule has 0 aliphatic carbocycles. The number of nitrogens with one attached hydrogen (secondary N) is 1. The maximum absolute atomic E-state index is 12.4. The summed E-state index contributed by atoms with van der Waals surface area (Å²) in [6.07, 6.45) is 0. The van der Waals surface area contributed by atoms with Crippen molar-refractivity contribution in [3.8, 4) is 0 Å². The Morgan fingerprint density at radius 3 is 2.43 bits per heavy atom. The lowest BCUT2D eigenvalue weighted by Gasteiger charge is -2.30. The van der Waals surface area contributed by atoms with Gasteiger partial charge in [0, 0.05) is 17.4 Å². The Morgan fingerprint density at radius 2 is 1.90 bits per heavy atom. The van der Waals surface area contributed by atoms with Gasteiger partial charge in [0.2, 0.25) is 11.8 Å². The molecule has 6 nitrogen and oxygen atoms in total. The molecule has 21 heavy (non-hydrogen) atoms. The van der Waals surface area contributed by atoms with Gasteiger partial charge in [0.1, 0.15) is 0 Å². The molecule has 1 unspecified atom stereocenters. The number of carbonyl (C=O) groups excluding carboxylic acids is 2. The number of benzene rings is 1. The van der Waals surface area contributed by atoms with Gasteiger partial charge in [-0.2, -0.15) is 0 Å². The largest absolute Gasteiger partial charge is 0.399 e. The summed E-state index contributed by atoms with van der Waals surface area (Å²) in [6.45, 7) is 7.52. The van der Waals surface area contributed by atoms with Crippen LogP contribution in [0.1, 0.15) is 26.3 Å². The molecular weight excluding hydrogens is 268 g/mol. The van der Waals surface area contributed by atoms with Gasteiger partial charge >= 0.3 is 0 Å². The molecule has 0 saturated heterocycles. The molecule has 0 aromatic heterocycles. The minimum Gasteiger partial charge on any atom is -0.399 e. The van der Waals surface area contributed by atoms with E-state index in [0.29, 0.717) is 11.4 Å². The third-order valence-corrected chi connectivity index (χ3v) is 3.40. The molecule has 0 radical (unpaired) electrons. The number of rotatable bonds is 6. The number of primary amides is 1. The molecule has 116 valence electrons. The fourth-order valence-corrected chi connectivity index (χ4v) is 2.11. The molecule has 0 fully saturated rings. The molecule has 0 aliphatic rings. The lowest BCUT2D eigenvalue weighted by molar-refractivity contribution is -0.124. The van der Waals surface area contributed by atoms with Crippen LogP contribution in [0.5, 0.6) is 0 Å². The van der Waals surface area contributed by atoms with Crippen molar-refractivity contribution in [1.82, 2.24) is 4.90 Å². The average Bonchev–Trinajstić information content (AvgIpc) is 2.38. The Balaban J connectivity index is 2.85. The van der Waals surface area contributed by atoms with Gasteiger partial charge in [-0.1, -0.05) is 6.07 Å². The highest BCUT2D eigenvalue weighted by atomic mass is 16.2. The summed E-state index contributed by atoms with van der Waals surface area (Å²) in [5, 5.41) is 2.85. The molecule has 0 spiro atoms. The molecule has 2 amide bonds. The first-order valence-electron chi connectivity index (χ1n) is 6.93. The second-order valence-corrected chi connectivity index (χ2v) is 5.47. The Hall–Kier alpha value is -2.08. The van der Waals surface area contributed by atoms with Gasteiger partial charge in [0.15, 0.2) is 0 Å². The molecule has 0 aliphatic heterocycles. The van der Waals surface area contributed by atoms with E-state index in [9.17, 15) is 9.59 Å². The zero-order valence-corrected chi connectivity index (χ0v) is 13.0. The second kappa shape index (κ2) is 7.08. The predicted molar refractivity (Wildman–Crippen MR) is 84.7 cm³/mol. The Morgan fingerprint density at radius 1 is 1.29 bits per heavy atom. The van der Waals surface area contributed by atoms with Crippen LogP contribution in [0.15, 0.2) is 18.2 Å². The highest BCUT2D eigenvalue weighted by molar-refractivity contribution is 5.96. The van der Waals surface area contributed by atoms with E-state index in [-0.39, 0.29) is 18.5 Å². The van der Waals surface area contributed by atoms with Crippen molar-refractivity contribution in [1.29, 1.82) is 0 Å². The molecule has 1 aromatic carbocycles. The van der Waals surface area contributed by atoms with Gasteiger partial charge in [-0.05, 0) is 45.4 Å². The topological polar surface area (TPSA) is 101 Å². The first kappa shape index (κ1) is 17.0. The number of anilines is 2. The number of nitrogens with zero attached hydrogens (tertiary/aromatic N) is 1. The van der Waals surface area contributed by atoms with Crippen molar-refractivity contribution >= 4 is 23.2 Å². The van der Waals surface area contributed by atoms with E-state index in [1.165, 1.54) is 0 Å². The molecule has 1 rings (SSSR count). The van der Waals surface area contributed by atoms with Gasteiger partial charge in [0.25, 0.3) is 0 Å². The van der Waals surface area contributed by atoms with Crippen LogP contribution in [0.25, 0.3) is 0 Å². The number of aryl methyl sites for hydroxylation is 1. The number of nitrogen functional groups attached to an aromatic ring is 1. The van der Waals surface area contributed by atoms with Gasteiger partial charge < -0.3 is 16.8 Å². The molecule has 1 atom stereocenters. The molecule has 0 heterocycles. The van der Waals surface area contributed by atoms with Crippen molar-refractivity contribution in [2.45, 2.75) is 39.8 Å². The van der Waals surface area contributed by atoms with E-state index >= 15 is 0 Å². The summed E-state index contributed by atoms with van der Waals surface area (Å²) >= 11 is 0. The summed E-state index contributed by atoms with van der Waals surface area (Å²) in [4.78, 5) is 25.2. The molecule has 6 heteroatoms. The van der Waals surface area contributed by atoms with Crippen molar-refractivity contribution in [3.05, 3.63) is 23.8 Å². The first-order valence-corrected chi connectivity index (χ1v) is 6.93. The zero-order chi connectivity index (χ0) is 16.2. The summed E-state index contributed by atoms with van der Waals surface area (Å²) in [7, 11) is 0. The summed E-state index contributed by atoms with van der Waals surface area (Å²) in [6, 6.07) is 4.90. The molecule has 1 aromatic rings. The maximum atomic E-state index is 12.4. The monoisotopic (exact) mass is 292 g/mol. The predicted octanol–water partition coefficient (Wildman–Crippen LogP) is 1.10. The number of nitrogens with two attached hydrogens (primary N) is 2. The van der Waals surface area contributed by atoms with Crippen LogP contribution in [0.2, 0.25) is 0 Å². The number of hydrogen-bond donors (Lipinski definition) is 3. The van der Waals surface area contributed by atoms with Crippen LogP contribution in [-0.2, 0) is 9.59 Å². The zero-order valence-electron chi connectivity index (χ0n) is 13.0. The standard InChI is InChI=1S/C15H24N4O2/c1-9(2)19(8-14(17)20)11(4)15(21)18-13-7-12(16)6-5-10(13)3/h5-7,9,11H,8,16H2,1-4H3,(H2,17,20)(H,18,21). The van der Waals surface area contributed by atoms with Crippen molar-refractivity contribution < 1.29 is 9.59 Å². The average molecular weight is 292 g/mol. The van der Waals surface area contributed by atoms with E-state index in [4.69, 9.17) is 11.5 Å². The normalized spacial score (nSPS) is 12.5. The van der Waals surface area contributed by atoms with Crippen molar-refractivity contribution in [2.24, 2.45) is 5.73 Å². The molecule has 0 saturated carbocycles. The Kier molecular flexibility index (Phi) is 5.72. The number of hydrogen-bond acceptors (Lipinski definition) is 4. The Labute approximate surface area is 125 Å². The third kappa shape index (κ3) is 4.75. The highest BCUT2D eigenvalue weighted by Crippen LogP contribution is 2.19. The van der Waals surface area contributed by atoms with E-state index in [2.05, 4.69) is 5.32 Å². The van der Waals surface area contributed by atoms with Gasteiger partial charge in [0.05, 0.1) is 12.6 Å². The fourth-order valence-electron chi connectivity index (χ4n) is 2.11. The van der Waals surface area contributed by atoms with Crippen LogP contribution >= 0.6 is 0 Å². The van der Waals surface area contributed by atoms with E-state index < -0.39 is 11.9 Å². The lowest BCUT2D eigenvalue weighted by atomic mass is 10.1. The van der Waals surface area contributed by atoms with Crippen LogP contribution in [0, 0.1) is 6.92 Å². The van der Waals surface area contributed by atoms with Crippen LogP contribution < -0.4 is 16.8 Å². The SMILES string of the molecule is Cc1ccc(N)cc1NC(=O)C(C)N(CC(N)=O)C(C)C. The fraction of sp³-hybridized carbons (Fsp3) is 0.467. The third-order valence-electron chi connectivity index (χ3n) is 3.40. The van der Waals surface area contributed by atoms with Crippen LogP contribution in [0.3, 0.4) is 0 Å². The highest BCUT2D eigenvalue weighted by Gasteiger charge is 2.25. The molecule has 5 N–H and O–H groups in total. The van der Waals surface area contributed by atoms with Crippen LogP contribution in [-0.4, -0.2) is 35.3 Å². The summed E-state index contributed by atoms with van der Waals surface area (Å²) in [5.41, 5.74) is 13.2. The minimum atomic E-state index is -0.474. The van der Waals surface area contributed by atoms with Crippen molar-refractivity contribution in [3.63, 3.8) is 0 Å². The molecular formula is C15H24N4O2. The lowest BCUT2D eigenvalue weighted by Crippen LogP contribution is -2.49. The first-order chi connectivity index (χ1) is 9.72. The quantitative estimate of drug-likeness (QED) is 0.683. The van der Waals surface area contributed by atoms with E-state index in [1.807, 2.05) is 26.8 Å². The second-order valence-electron chi connectivity index (χ2n) is 5.47.